The minimum absolute atomic E-state index is 0.145. The van der Waals surface area contributed by atoms with E-state index in [0.717, 1.165) is 15.8 Å². The van der Waals surface area contributed by atoms with E-state index in [-0.39, 0.29) is 5.56 Å². The van der Waals surface area contributed by atoms with Gasteiger partial charge in [0.25, 0.3) is 5.56 Å². The Balaban J connectivity index is 1.93. The first kappa shape index (κ1) is 19.0. The zero-order chi connectivity index (χ0) is 20.1. The summed E-state index contributed by atoms with van der Waals surface area (Å²) in [6.07, 6.45) is 1.17. The second kappa shape index (κ2) is 8.26. The first-order valence-corrected chi connectivity index (χ1v) is 8.67. The van der Waals surface area contributed by atoms with Crippen molar-refractivity contribution in [1.82, 2.24) is 9.55 Å². The summed E-state index contributed by atoms with van der Waals surface area (Å²) in [5, 5.41) is 14.5. The van der Waals surface area contributed by atoms with E-state index in [2.05, 4.69) is 15.5 Å². The lowest BCUT2D eigenvalue weighted by molar-refractivity contribution is 0.340. The zero-order valence-corrected chi connectivity index (χ0v) is 15.5. The fourth-order valence-electron chi connectivity index (χ4n) is 2.55. The molecular formula is C20H20N4O4. The van der Waals surface area contributed by atoms with Crippen LogP contribution in [-0.4, -0.2) is 27.5 Å². The van der Waals surface area contributed by atoms with E-state index < -0.39 is 17.1 Å². The molecule has 3 rings (SSSR count). The predicted octanol–water partition coefficient (Wildman–Crippen LogP) is 2.38. The number of aromatic hydroxyl groups is 1. The standard InChI is InChI=1S/C20H20N4O4/c1-3-28-16-10-8-15(9-11-16)24-19(26)17(18(25)22-20(24)27)12-21-23-14-6-4-13(2)5-7-14/h4-12,23,26H,3H2,1-2H3,(H,22,25,27). The molecule has 144 valence electrons. The molecule has 0 aliphatic heterocycles. The largest absolute Gasteiger partial charge is 0.494 e. The number of H-pyrrole nitrogens is 1. The number of hydrogen-bond acceptors (Lipinski definition) is 6. The monoisotopic (exact) mass is 380 g/mol. The fraction of sp³-hybridized carbons (Fsp3) is 0.150. The summed E-state index contributed by atoms with van der Waals surface area (Å²) in [5.41, 5.74) is 3.34. The highest BCUT2D eigenvalue weighted by Crippen LogP contribution is 2.19. The van der Waals surface area contributed by atoms with Crippen LogP contribution in [0.4, 0.5) is 5.69 Å². The Bertz CT molecular complexity index is 1100. The molecule has 2 aromatic carbocycles. The Labute approximate surface area is 160 Å². The first-order valence-electron chi connectivity index (χ1n) is 8.67. The lowest BCUT2D eigenvalue weighted by Crippen LogP contribution is -2.31. The second-order valence-electron chi connectivity index (χ2n) is 5.99. The third-order valence-corrected chi connectivity index (χ3v) is 3.97. The summed E-state index contributed by atoms with van der Waals surface area (Å²) in [7, 11) is 0. The van der Waals surface area contributed by atoms with Crippen LogP contribution in [0.2, 0.25) is 0 Å². The topological polar surface area (TPSA) is 109 Å². The highest BCUT2D eigenvalue weighted by molar-refractivity contribution is 5.82. The minimum atomic E-state index is -0.754. The molecule has 0 amide bonds. The van der Waals surface area contributed by atoms with Crippen LogP contribution >= 0.6 is 0 Å². The molecule has 0 aliphatic carbocycles. The van der Waals surface area contributed by atoms with Crippen molar-refractivity contribution < 1.29 is 9.84 Å². The summed E-state index contributed by atoms with van der Waals surface area (Å²) < 4.78 is 6.36. The highest BCUT2D eigenvalue weighted by atomic mass is 16.5. The molecule has 0 fully saturated rings. The van der Waals surface area contributed by atoms with E-state index in [9.17, 15) is 14.7 Å². The zero-order valence-electron chi connectivity index (χ0n) is 15.5. The van der Waals surface area contributed by atoms with Gasteiger partial charge in [0.15, 0.2) is 0 Å². The van der Waals surface area contributed by atoms with Gasteiger partial charge in [-0.2, -0.15) is 5.10 Å². The molecule has 1 aromatic heterocycles. The SMILES string of the molecule is CCOc1ccc(-n2c(O)c(C=NNc3ccc(C)cc3)c(=O)[nH]c2=O)cc1. The summed E-state index contributed by atoms with van der Waals surface area (Å²) >= 11 is 0. The number of hydrogen-bond donors (Lipinski definition) is 3. The summed E-state index contributed by atoms with van der Waals surface area (Å²) in [6.45, 7) is 4.34. The van der Waals surface area contributed by atoms with Crippen LogP contribution in [0.25, 0.3) is 5.69 Å². The number of aryl methyl sites for hydroxylation is 1. The Morgan fingerprint density at radius 2 is 1.82 bits per heavy atom. The molecule has 0 aliphatic rings. The first-order chi connectivity index (χ1) is 13.5. The van der Waals surface area contributed by atoms with Gasteiger partial charge < -0.3 is 9.84 Å². The van der Waals surface area contributed by atoms with E-state index >= 15 is 0 Å². The maximum atomic E-state index is 12.2. The summed E-state index contributed by atoms with van der Waals surface area (Å²) in [5.74, 6) is 0.125. The molecule has 1 heterocycles. The van der Waals surface area contributed by atoms with Crippen LogP contribution in [0.3, 0.4) is 0 Å². The molecule has 3 N–H and O–H groups in total. The number of aromatic amines is 1. The maximum absolute atomic E-state index is 12.2. The van der Waals surface area contributed by atoms with Gasteiger partial charge in [-0.1, -0.05) is 17.7 Å². The fourth-order valence-corrected chi connectivity index (χ4v) is 2.55. The van der Waals surface area contributed by atoms with Crippen LogP contribution < -0.4 is 21.4 Å². The number of nitrogens with one attached hydrogen (secondary N) is 2. The van der Waals surface area contributed by atoms with Crippen molar-refractivity contribution in [2.24, 2.45) is 5.10 Å². The lowest BCUT2D eigenvalue weighted by atomic mass is 10.2. The number of nitrogens with zero attached hydrogens (tertiary/aromatic N) is 2. The summed E-state index contributed by atoms with van der Waals surface area (Å²) in [4.78, 5) is 26.5. The van der Waals surface area contributed by atoms with E-state index in [0.29, 0.717) is 18.0 Å². The summed E-state index contributed by atoms with van der Waals surface area (Å²) in [6, 6.07) is 14.0. The molecule has 0 spiro atoms. The van der Waals surface area contributed by atoms with Crippen LogP contribution in [0.5, 0.6) is 11.6 Å². The van der Waals surface area contributed by atoms with Crippen molar-refractivity contribution in [3.63, 3.8) is 0 Å². The van der Waals surface area contributed by atoms with E-state index in [1.165, 1.54) is 6.21 Å². The van der Waals surface area contributed by atoms with Gasteiger partial charge in [-0.05, 0) is 50.2 Å². The number of benzene rings is 2. The van der Waals surface area contributed by atoms with Gasteiger partial charge in [0.05, 0.1) is 24.2 Å². The number of aromatic nitrogens is 2. The number of ether oxygens (including phenoxy) is 1. The number of anilines is 1. The highest BCUT2D eigenvalue weighted by Gasteiger charge is 2.14. The van der Waals surface area contributed by atoms with Crippen molar-refractivity contribution in [1.29, 1.82) is 0 Å². The third-order valence-electron chi connectivity index (χ3n) is 3.97. The van der Waals surface area contributed by atoms with Crippen LogP contribution in [-0.2, 0) is 0 Å². The average Bonchev–Trinajstić information content (AvgIpc) is 2.67. The normalized spacial score (nSPS) is 10.9. The lowest BCUT2D eigenvalue weighted by Gasteiger charge is -2.10. The van der Waals surface area contributed by atoms with Gasteiger partial charge in [-0.3, -0.25) is 15.2 Å². The Hall–Kier alpha value is -3.81. The van der Waals surface area contributed by atoms with Gasteiger partial charge in [-0.25, -0.2) is 9.36 Å². The number of rotatable bonds is 6. The Morgan fingerprint density at radius 1 is 1.14 bits per heavy atom. The molecule has 8 heteroatoms. The molecular weight excluding hydrogens is 360 g/mol. The molecule has 0 saturated carbocycles. The van der Waals surface area contributed by atoms with Gasteiger partial charge in [0, 0.05) is 0 Å². The molecule has 8 nitrogen and oxygen atoms in total. The van der Waals surface area contributed by atoms with Crippen molar-refractivity contribution in [2.75, 3.05) is 12.0 Å². The van der Waals surface area contributed by atoms with E-state index in [1.807, 2.05) is 38.1 Å². The number of hydrazone groups is 1. The van der Waals surface area contributed by atoms with Gasteiger partial charge >= 0.3 is 5.69 Å². The smallest absolute Gasteiger partial charge is 0.335 e. The molecule has 0 radical (unpaired) electrons. The van der Waals surface area contributed by atoms with Crippen molar-refractivity contribution in [3.8, 4) is 17.3 Å². The quantitative estimate of drug-likeness (QED) is 0.449. The van der Waals surface area contributed by atoms with Crippen molar-refractivity contribution >= 4 is 11.9 Å². The molecule has 0 atom stereocenters. The molecule has 28 heavy (non-hydrogen) atoms. The van der Waals surface area contributed by atoms with Crippen molar-refractivity contribution in [3.05, 3.63) is 80.5 Å². The average molecular weight is 380 g/mol. The molecule has 3 aromatic rings. The second-order valence-corrected chi connectivity index (χ2v) is 5.99. The van der Waals surface area contributed by atoms with E-state index in [1.54, 1.807) is 24.3 Å². The van der Waals surface area contributed by atoms with Crippen LogP contribution in [0.1, 0.15) is 18.1 Å². The predicted molar refractivity (Wildman–Crippen MR) is 108 cm³/mol. The maximum Gasteiger partial charge on any atom is 0.335 e. The third kappa shape index (κ3) is 4.12. The Morgan fingerprint density at radius 3 is 2.46 bits per heavy atom. The molecule has 0 unspecified atom stereocenters. The molecule has 0 saturated heterocycles. The Kier molecular flexibility index (Phi) is 5.59. The van der Waals surface area contributed by atoms with Gasteiger partial charge in [0.1, 0.15) is 11.3 Å². The van der Waals surface area contributed by atoms with Gasteiger partial charge in [0.2, 0.25) is 5.88 Å². The van der Waals surface area contributed by atoms with E-state index in [4.69, 9.17) is 4.74 Å². The minimum Gasteiger partial charge on any atom is -0.494 e. The van der Waals surface area contributed by atoms with Crippen molar-refractivity contribution in [2.45, 2.75) is 13.8 Å². The van der Waals surface area contributed by atoms with Crippen LogP contribution in [0, 0.1) is 6.92 Å². The van der Waals surface area contributed by atoms with Gasteiger partial charge in [-0.15, -0.1) is 0 Å². The molecule has 0 bridgehead atoms. The van der Waals surface area contributed by atoms with Crippen LogP contribution in [0.15, 0.2) is 63.2 Å².